The number of fused-ring (bicyclic) bond motifs is 1. The third kappa shape index (κ3) is 2.39. The first kappa shape index (κ1) is 14.1. The fourth-order valence-corrected chi connectivity index (χ4v) is 4.15. The van der Waals surface area contributed by atoms with E-state index in [4.69, 9.17) is 0 Å². The molecule has 0 atom stereocenters. The van der Waals surface area contributed by atoms with Crippen LogP contribution in [0.1, 0.15) is 34.9 Å². The van der Waals surface area contributed by atoms with E-state index in [0.717, 1.165) is 42.2 Å². The van der Waals surface area contributed by atoms with Crippen molar-refractivity contribution < 1.29 is 4.79 Å². The van der Waals surface area contributed by atoms with Gasteiger partial charge >= 0.3 is 0 Å². The van der Waals surface area contributed by atoms with Crippen LogP contribution in [0.5, 0.6) is 0 Å². The smallest absolute Gasteiger partial charge is 0.270 e. The van der Waals surface area contributed by atoms with Crippen LogP contribution in [0.2, 0.25) is 0 Å². The summed E-state index contributed by atoms with van der Waals surface area (Å²) >= 11 is 1.66. The van der Waals surface area contributed by atoms with Crippen LogP contribution >= 0.6 is 11.3 Å². The number of hydrogen-bond acceptors (Lipinski definition) is 4. The molecule has 4 heterocycles. The first-order valence-corrected chi connectivity index (χ1v) is 9.31. The van der Waals surface area contributed by atoms with Crippen molar-refractivity contribution in [3.8, 4) is 0 Å². The Labute approximate surface area is 143 Å². The molecule has 0 bridgehead atoms. The number of rotatable bonds is 3. The monoisotopic (exact) mass is 341 g/mol. The molecule has 0 radical (unpaired) electrons. The van der Waals surface area contributed by atoms with Gasteiger partial charge in [-0.3, -0.25) is 9.89 Å². The molecule has 0 aromatic carbocycles. The first-order chi connectivity index (χ1) is 11.8. The van der Waals surface area contributed by atoms with Crippen molar-refractivity contribution in [1.82, 2.24) is 20.1 Å². The Morgan fingerprint density at radius 1 is 1.21 bits per heavy atom. The van der Waals surface area contributed by atoms with Gasteiger partial charge in [0.15, 0.2) is 5.82 Å². The number of hydrogen-bond donors (Lipinski definition) is 2. The molecular formula is C17H19N5OS. The Morgan fingerprint density at radius 2 is 2.04 bits per heavy atom. The van der Waals surface area contributed by atoms with Crippen LogP contribution in [-0.4, -0.2) is 52.2 Å². The van der Waals surface area contributed by atoms with Gasteiger partial charge in [-0.05, 0) is 30.4 Å². The summed E-state index contributed by atoms with van der Waals surface area (Å²) in [6, 6.07) is 6.16. The van der Waals surface area contributed by atoms with E-state index in [1.807, 2.05) is 22.4 Å². The fourth-order valence-electron chi connectivity index (χ4n) is 3.36. The largest absolute Gasteiger partial charge is 0.352 e. The topological polar surface area (TPSA) is 68.0 Å². The lowest BCUT2D eigenvalue weighted by atomic mass is 10.2. The molecular weight excluding hydrogens is 322 g/mol. The Balaban J connectivity index is 1.25. The van der Waals surface area contributed by atoms with Crippen molar-refractivity contribution in [2.75, 3.05) is 31.1 Å². The summed E-state index contributed by atoms with van der Waals surface area (Å²) in [5.74, 6) is 1.80. The van der Waals surface area contributed by atoms with Crippen molar-refractivity contribution in [3.05, 3.63) is 35.0 Å². The van der Waals surface area contributed by atoms with Crippen LogP contribution in [0, 0.1) is 0 Å². The normalized spacial score (nSPS) is 18.5. The number of carbonyl (C=O) groups is 1. The van der Waals surface area contributed by atoms with Gasteiger partial charge in [0.2, 0.25) is 0 Å². The van der Waals surface area contributed by atoms with Crippen LogP contribution in [0.15, 0.2) is 23.6 Å². The molecule has 2 fully saturated rings. The third-order valence-electron chi connectivity index (χ3n) is 4.96. The van der Waals surface area contributed by atoms with E-state index in [-0.39, 0.29) is 5.91 Å². The number of H-pyrrole nitrogens is 2. The van der Waals surface area contributed by atoms with E-state index in [1.54, 1.807) is 11.3 Å². The molecule has 2 N–H and O–H groups in total. The maximum absolute atomic E-state index is 12.7. The average molecular weight is 341 g/mol. The number of thiophene rings is 1. The van der Waals surface area contributed by atoms with Crippen LogP contribution in [-0.2, 0) is 0 Å². The first-order valence-electron chi connectivity index (χ1n) is 8.44. The zero-order valence-electron chi connectivity index (χ0n) is 13.3. The third-order valence-corrected chi connectivity index (χ3v) is 5.83. The van der Waals surface area contributed by atoms with E-state index < -0.39 is 0 Å². The van der Waals surface area contributed by atoms with Gasteiger partial charge in [0.1, 0.15) is 5.69 Å². The second kappa shape index (κ2) is 5.37. The fraction of sp³-hybridized carbons (Fsp3) is 0.412. The minimum absolute atomic E-state index is 0.0961. The predicted molar refractivity (Wildman–Crippen MR) is 94.9 cm³/mol. The minimum atomic E-state index is 0.0961. The number of aromatic amines is 2. The molecule has 1 saturated heterocycles. The van der Waals surface area contributed by atoms with Gasteiger partial charge in [-0.15, -0.1) is 11.3 Å². The summed E-state index contributed by atoms with van der Waals surface area (Å²) in [6.07, 6.45) is 2.55. The Morgan fingerprint density at radius 3 is 2.79 bits per heavy atom. The molecule has 1 amide bonds. The van der Waals surface area contributed by atoms with Crippen molar-refractivity contribution in [2.45, 2.75) is 18.8 Å². The number of amides is 1. The highest BCUT2D eigenvalue weighted by Crippen LogP contribution is 2.39. The molecule has 24 heavy (non-hydrogen) atoms. The van der Waals surface area contributed by atoms with Gasteiger partial charge in [-0.1, -0.05) is 0 Å². The predicted octanol–water partition coefficient (Wildman–Crippen LogP) is 2.79. The molecule has 1 aliphatic carbocycles. The molecule has 3 aromatic heterocycles. The molecule has 3 aromatic rings. The summed E-state index contributed by atoms with van der Waals surface area (Å²) in [4.78, 5) is 20.1. The van der Waals surface area contributed by atoms with E-state index in [9.17, 15) is 4.79 Å². The number of aromatic nitrogens is 3. The standard InChI is InChI=1S/C17H19N5OS/c23-17(14-9-15-12(18-14)3-8-24-15)22-6-4-21(5-7-22)16-10-13(19-20-16)11-1-2-11/h3,8-11,18H,1-2,4-7H2,(H,19,20). The van der Waals surface area contributed by atoms with E-state index in [0.29, 0.717) is 11.6 Å². The van der Waals surface area contributed by atoms with Gasteiger partial charge in [0, 0.05) is 43.9 Å². The summed E-state index contributed by atoms with van der Waals surface area (Å²) in [5.41, 5.74) is 3.00. The van der Waals surface area contributed by atoms with Gasteiger partial charge in [0.05, 0.1) is 10.2 Å². The summed E-state index contributed by atoms with van der Waals surface area (Å²) in [5, 5.41) is 9.64. The molecule has 2 aliphatic rings. The number of carbonyl (C=O) groups excluding carboxylic acids is 1. The average Bonchev–Trinajstić information content (AvgIpc) is 3.01. The number of anilines is 1. The highest BCUT2D eigenvalue weighted by Gasteiger charge is 2.28. The lowest BCUT2D eigenvalue weighted by Crippen LogP contribution is -2.49. The van der Waals surface area contributed by atoms with Crippen molar-refractivity contribution in [3.63, 3.8) is 0 Å². The summed E-state index contributed by atoms with van der Waals surface area (Å²) in [7, 11) is 0. The molecule has 1 aliphatic heterocycles. The summed E-state index contributed by atoms with van der Waals surface area (Å²) < 4.78 is 1.14. The van der Waals surface area contributed by atoms with E-state index in [2.05, 4.69) is 26.1 Å². The number of piperazine rings is 1. The van der Waals surface area contributed by atoms with Crippen molar-refractivity contribution >= 4 is 33.3 Å². The second-order valence-electron chi connectivity index (χ2n) is 6.62. The minimum Gasteiger partial charge on any atom is -0.352 e. The molecule has 6 nitrogen and oxygen atoms in total. The van der Waals surface area contributed by atoms with Crippen molar-refractivity contribution in [1.29, 1.82) is 0 Å². The van der Waals surface area contributed by atoms with Gasteiger partial charge in [0.25, 0.3) is 5.91 Å². The van der Waals surface area contributed by atoms with Crippen molar-refractivity contribution in [2.24, 2.45) is 0 Å². The maximum Gasteiger partial charge on any atom is 0.270 e. The molecule has 0 spiro atoms. The lowest BCUT2D eigenvalue weighted by Gasteiger charge is -2.34. The molecule has 7 heteroatoms. The van der Waals surface area contributed by atoms with Crippen LogP contribution in [0.3, 0.4) is 0 Å². The molecule has 124 valence electrons. The van der Waals surface area contributed by atoms with Gasteiger partial charge < -0.3 is 14.8 Å². The number of nitrogens with zero attached hydrogens (tertiary/aromatic N) is 3. The highest BCUT2D eigenvalue weighted by molar-refractivity contribution is 7.17. The Hall–Kier alpha value is -2.28. The molecule has 1 saturated carbocycles. The van der Waals surface area contributed by atoms with Crippen LogP contribution in [0.4, 0.5) is 5.82 Å². The zero-order chi connectivity index (χ0) is 16.1. The number of nitrogens with one attached hydrogen (secondary N) is 2. The quantitative estimate of drug-likeness (QED) is 0.770. The van der Waals surface area contributed by atoms with Crippen LogP contribution < -0.4 is 4.90 Å². The lowest BCUT2D eigenvalue weighted by molar-refractivity contribution is 0.0741. The summed E-state index contributed by atoms with van der Waals surface area (Å²) in [6.45, 7) is 3.12. The second-order valence-corrected chi connectivity index (χ2v) is 7.56. The van der Waals surface area contributed by atoms with E-state index >= 15 is 0 Å². The van der Waals surface area contributed by atoms with Crippen LogP contribution in [0.25, 0.3) is 10.2 Å². The highest BCUT2D eigenvalue weighted by atomic mass is 32.1. The van der Waals surface area contributed by atoms with Gasteiger partial charge in [-0.2, -0.15) is 5.10 Å². The maximum atomic E-state index is 12.7. The Kier molecular flexibility index (Phi) is 3.16. The van der Waals surface area contributed by atoms with Gasteiger partial charge in [-0.25, -0.2) is 0 Å². The van der Waals surface area contributed by atoms with E-state index in [1.165, 1.54) is 18.5 Å². The molecule has 5 rings (SSSR count). The Bertz CT molecular complexity index is 853. The zero-order valence-corrected chi connectivity index (χ0v) is 14.1. The SMILES string of the molecule is O=C(c1cc2sccc2[nH]1)N1CCN(c2cc(C3CC3)[nH]n2)CC1. The molecule has 0 unspecified atom stereocenters.